The number of halogens is 2. The van der Waals surface area contributed by atoms with Gasteiger partial charge in [0.05, 0.1) is 15.5 Å². The SMILES string of the molecule is O=C(Nc1ccc(Br)cc1)c1cc(S(=O)(=O)NNC2CCCCC2)ccc1Cl. The molecule has 6 nitrogen and oxygen atoms in total. The monoisotopic (exact) mass is 485 g/mol. The van der Waals surface area contributed by atoms with Crippen molar-refractivity contribution >= 4 is 49.1 Å². The highest BCUT2D eigenvalue weighted by atomic mass is 79.9. The van der Waals surface area contributed by atoms with Crippen LogP contribution in [0.2, 0.25) is 5.02 Å². The summed E-state index contributed by atoms with van der Waals surface area (Å²) < 4.78 is 26.1. The first kappa shape index (κ1) is 21.3. The molecule has 1 fully saturated rings. The van der Waals surface area contributed by atoms with Gasteiger partial charge in [-0.05, 0) is 55.3 Å². The van der Waals surface area contributed by atoms with Crippen LogP contribution in [-0.4, -0.2) is 20.4 Å². The van der Waals surface area contributed by atoms with E-state index in [9.17, 15) is 13.2 Å². The van der Waals surface area contributed by atoms with Crippen molar-refractivity contribution in [3.63, 3.8) is 0 Å². The van der Waals surface area contributed by atoms with Gasteiger partial charge in [-0.3, -0.25) is 4.79 Å². The lowest BCUT2D eigenvalue weighted by atomic mass is 9.96. The van der Waals surface area contributed by atoms with Crippen molar-refractivity contribution in [3.05, 3.63) is 57.5 Å². The van der Waals surface area contributed by atoms with E-state index >= 15 is 0 Å². The first-order chi connectivity index (χ1) is 13.3. The summed E-state index contributed by atoms with van der Waals surface area (Å²) in [6, 6.07) is 11.2. The van der Waals surface area contributed by atoms with E-state index in [4.69, 9.17) is 11.6 Å². The zero-order chi connectivity index (χ0) is 20.1. The lowest BCUT2D eigenvalue weighted by Gasteiger charge is -2.23. The van der Waals surface area contributed by atoms with Crippen LogP contribution in [0.15, 0.2) is 51.8 Å². The maximum Gasteiger partial charge on any atom is 0.257 e. The van der Waals surface area contributed by atoms with Crippen LogP contribution in [0.3, 0.4) is 0 Å². The minimum Gasteiger partial charge on any atom is -0.322 e. The van der Waals surface area contributed by atoms with Crippen LogP contribution in [0.25, 0.3) is 0 Å². The highest BCUT2D eigenvalue weighted by Gasteiger charge is 2.21. The second-order valence-electron chi connectivity index (χ2n) is 6.69. The third-order valence-corrected chi connectivity index (χ3v) is 6.72. The van der Waals surface area contributed by atoms with Crippen LogP contribution in [0.1, 0.15) is 42.5 Å². The standard InChI is InChI=1S/C19H21BrClN3O3S/c20-13-6-8-14(9-7-13)22-19(25)17-12-16(10-11-18(17)21)28(26,27)24-23-15-4-2-1-3-5-15/h6-12,15,23-24H,1-5H2,(H,22,25). The van der Waals surface area contributed by atoms with Gasteiger partial charge in [0.25, 0.3) is 15.9 Å². The number of hydrogen-bond donors (Lipinski definition) is 3. The summed E-state index contributed by atoms with van der Waals surface area (Å²) in [4.78, 5) is 15.0. The predicted molar refractivity (Wildman–Crippen MR) is 114 cm³/mol. The molecule has 0 aromatic heterocycles. The summed E-state index contributed by atoms with van der Waals surface area (Å²) in [5.74, 6) is -0.482. The van der Waals surface area contributed by atoms with Gasteiger partial charge in [-0.2, -0.15) is 0 Å². The Morgan fingerprint density at radius 1 is 1.04 bits per heavy atom. The highest BCUT2D eigenvalue weighted by molar-refractivity contribution is 9.10. The van der Waals surface area contributed by atoms with Crippen LogP contribution in [-0.2, 0) is 10.0 Å². The molecule has 2 aromatic carbocycles. The number of hydrazine groups is 1. The quantitative estimate of drug-likeness (QED) is 0.526. The molecule has 0 heterocycles. The van der Waals surface area contributed by atoms with Crippen LogP contribution in [0.5, 0.6) is 0 Å². The van der Waals surface area contributed by atoms with Crippen molar-refractivity contribution in [1.29, 1.82) is 0 Å². The minimum atomic E-state index is -3.82. The summed E-state index contributed by atoms with van der Waals surface area (Å²) >= 11 is 9.46. The summed E-state index contributed by atoms with van der Waals surface area (Å²) in [6.45, 7) is 0. The topological polar surface area (TPSA) is 87.3 Å². The number of carbonyl (C=O) groups is 1. The van der Waals surface area contributed by atoms with E-state index in [0.29, 0.717) is 5.69 Å². The Bertz CT molecular complexity index is 945. The van der Waals surface area contributed by atoms with E-state index < -0.39 is 15.9 Å². The van der Waals surface area contributed by atoms with Crippen LogP contribution in [0, 0.1) is 0 Å². The van der Waals surface area contributed by atoms with Crippen molar-refractivity contribution in [2.45, 2.75) is 43.0 Å². The Labute approximate surface area is 178 Å². The molecule has 1 aliphatic carbocycles. The third kappa shape index (κ3) is 5.55. The molecule has 1 aliphatic rings. The average Bonchev–Trinajstić information content (AvgIpc) is 2.69. The Kier molecular flexibility index (Phi) is 7.11. The van der Waals surface area contributed by atoms with E-state index in [1.54, 1.807) is 24.3 Å². The number of nitrogens with one attached hydrogen (secondary N) is 3. The molecule has 3 N–H and O–H groups in total. The van der Waals surface area contributed by atoms with Crippen LogP contribution in [0.4, 0.5) is 5.69 Å². The molecular weight excluding hydrogens is 466 g/mol. The number of hydrogen-bond acceptors (Lipinski definition) is 4. The lowest BCUT2D eigenvalue weighted by Crippen LogP contribution is -2.45. The molecule has 150 valence electrons. The van der Waals surface area contributed by atoms with Gasteiger partial charge < -0.3 is 5.32 Å². The van der Waals surface area contributed by atoms with Crippen molar-refractivity contribution in [2.75, 3.05) is 5.32 Å². The highest BCUT2D eigenvalue weighted by Crippen LogP contribution is 2.23. The lowest BCUT2D eigenvalue weighted by molar-refractivity contribution is 0.102. The minimum absolute atomic E-state index is 0.0267. The molecule has 2 aromatic rings. The van der Waals surface area contributed by atoms with E-state index in [2.05, 4.69) is 31.5 Å². The maximum absolute atomic E-state index is 12.6. The summed E-state index contributed by atoms with van der Waals surface area (Å²) in [5.41, 5.74) is 3.56. The molecule has 0 spiro atoms. The fourth-order valence-electron chi connectivity index (χ4n) is 3.04. The average molecular weight is 487 g/mol. The summed E-state index contributed by atoms with van der Waals surface area (Å²) in [7, 11) is -3.82. The zero-order valence-electron chi connectivity index (χ0n) is 15.0. The van der Waals surface area contributed by atoms with E-state index in [0.717, 1.165) is 30.2 Å². The third-order valence-electron chi connectivity index (χ3n) is 4.60. The Morgan fingerprint density at radius 2 is 1.71 bits per heavy atom. The number of anilines is 1. The number of benzene rings is 2. The molecular formula is C19H21BrClN3O3S. The normalized spacial score (nSPS) is 15.4. The van der Waals surface area contributed by atoms with Crippen molar-refractivity contribution in [1.82, 2.24) is 10.3 Å². The first-order valence-corrected chi connectivity index (χ1v) is 11.6. The Morgan fingerprint density at radius 3 is 2.39 bits per heavy atom. The molecule has 0 aliphatic heterocycles. The fourth-order valence-corrected chi connectivity index (χ4v) is 4.47. The molecule has 0 atom stereocenters. The molecule has 0 unspecified atom stereocenters. The van der Waals surface area contributed by atoms with Gasteiger partial charge in [-0.25, -0.2) is 13.8 Å². The Balaban J connectivity index is 1.73. The second kappa shape index (κ2) is 9.37. The number of amides is 1. The molecule has 0 saturated heterocycles. The van der Waals surface area contributed by atoms with E-state index in [1.165, 1.54) is 24.6 Å². The summed E-state index contributed by atoms with van der Waals surface area (Å²) in [6.07, 6.45) is 5.22. The number of carbonyl (C=O) groups excluding carboxylic acids is 1. The molecule has 1 saturated carbocycles. The predicted octanol–water partition coefficient (Wildman–Crippen LogP) is 4.47. The molecule has 3 rings (SSSR count). The van der Waals surface area contributed by atoms with Crippen LogP contribution >= 0.6 is 27.5 Å². The number of rotatable bonds is 6. The van der Waals surface area contributed by atoms with Gasteiger partial charge in [-0.15, -0.1) is 4.83 Å². The van der Waals surface area contributed by atoms with Gasteiger partial charge in [0.15, 0.2) is 0 Å². The van der Waals surface area contributed by atoms with Crippen molar-refractivity contribution in [3.8, 4) is 0 Å². The van der Waals surface area contributed by atoms with Gasteiger partial charge in [0.1, 0.15) is 0 Å². The van der Waals surface area contributed by atoms with Crippen molar-refractivity contribution in [2.24, 2.45) is 0 Å². The van der Waals surface area contributed by atoms with Gasteiger partial charge in [-0.1, -0.05) is 46.8 Å². The van der Waals surface area contributed by atoms with Crippen molar-refractivity contribution < 1.29 is 13.2 Å². The maximum atomic E-state index is 12.6. The van der Waals surface area contributed by atoms with Gasteiger partial charge in [0, 0.05) is 16.2 Å². The molecule has 9 heteroatoms. The smallest absolute Gasteiger partial charge is 0.257 e. The first-order valence-electron chi connectivity index (χ1n) is 8.99. The fraction of sp³-hybridized carbons (Fsp3) is 0.316. The Hall–Kier alpha value is -1.45. The van der Waals surface area contributed by atoms with Crippen LogP contribution < -0.4 is 15.6 Å². The zero-order valence-corrected chi connectivity index (χ0v) is 18.2. The molecule has 1 amide bonds. The molecule has 0 bridgehead atoms. The van der Waals surface area contributed by atoms with Gasteiger partial charge >= 0.3 is 0 Å². The summed E-state index contributed by atoms with van der Waals surface area (Å²) in [5, 5.41) is 2.89. The van der Waals surface area contributed by atoms with Gasteiger partial charge in [0.2, 0.25) is 0 Å². The number of sulfonamides is 1. The second-order valence-corrected chi connectivity index (χ2v) is 9.69. The molecule has 0 radical (unpaired) electrons. The van der Waals surface area contributed by atoms with E-state index in [-0.39, 0.29) is 21.5 Å². The largest absolute Gasteiger partial charge is 0.322 e. The van der Waals surface area contributed by atoms with E-state index in [1.807, 2.05) is 0 Å². The molecule has 28 heavy (non-hydrogen) atoms.